The number of hydrogen-bond acceptors (Lipinski definition) is 6. The number of carbonyl (C=O) groups excluding carboxylic acids is 1. The Morgan fingerprint density at radius 2 is 1.63 bits per heavy atom. The van der Waals surface area contributed by atoms with Gasteiger partial charge in [-0.15, -0.1) is 0 Å². The molecule has 38 heavy (non-hydrogen) atoms. The monoisotopic (exact) mass is 535 g/mol. The molecule has 200 valence electrons. The first-order valence-electron chi connectivity index (χ1n) is 12.9. The molecule has 1 unspecified atom stereocenters. The third kappa shape index (κ3) is 5.21. The van der Waals surface area contributed by atoms with E-state index in [0.717, 1.165) is 50.8 Å². The van der Waals surface area contributed by atoms with Gasteiger partial charge in [0.15, 0.2) is 0 Å². The third-order valence-corrected chi connectivity index (χ3v) is 8.78. The maximum Gasteiger partial charge on any atom is 0.263 e. The van der Waals surface area contributed by atoms with Gasteiger partial charge in [-0.1, -0.05) is 30.3 Å². The molecule has 1 aliphatic carbocycles. The highest BCUT2D eigenvalue weighted by atomic mass is 32.2. The maximum atomic E-state index is 13.9. The summed E-state index contributed by atoms with van der Waals surface area (Å²) in [6.45, 7) is 1.58. The van der Waals surface area contributed by atoms with Crippen molar-refractivity contribution in [2.45, 2.75) is 43.0 Å². The Balaban J connectivity index is 1.49. The van der Waals surface area contributed by atoms with Gasteiger partial charge in [-0.2, -0.15) is 0 Å². The molecule has 1 amide bonds. The van der Waals surface area contributed by atoms with Crippen LogP contribution in [0.25, 0.3) is 0 Å². The molecular weight excluding hydrogens is 502 g/mol. The zero-order valence-corrected chi connectivity index (χ0v) is 22.5. The molecule has 0 saturated carbocycles. The minimum atomic E-state index is -3.91. The number of sulfonamides is 1. The van der Waals surface area contributed by atoms with Crippen molar-refractivity contribution in [3.05, 3.63) is 77.4 Å². The molecule has 3 aromatic carbocycles. The van der Waals surface area contributed by atoms with Gasteiger partial charge in [-0.25, -0.2) is 13.1 Å². The number of nitrogens with zero attached hydrogens (tertiary/aromatic N) is 1. The number of hydrogen-bond donors (Lipinski definition) is 2. The van der Waals surface area contributed by atoms with Crippen LogP contribution in [0.5, 0.6) is 11.5 Å². The summed E-state index contributed by atoms with van der Waals surface area (Å²) in [5.41, 5.74) is 3.46. The van der Waals surface area contributed by atoms with Gasteiger partial charge in [-0.3, -0.25) is 4.79 Å². The first-order chi connectivity index (χ1) is 18.4. The van der Waals surface area contributed by atoms with Gasteiger partial charge in [0.25, 0.3) is 5.91 Å². The van der Waals surface area contributed by atoms with E-state index >= 15 is 0 Å². The zero-order valence-electron chi connectivity index (χ0n) is 21.7. The fraction of sp³-hybridized carbons (Fsp3) is 0.345. The molecule has 3 aromatic rings. The van der Waals surface area contributed by atoms with E-state index in [1.165, 1.54) is 19.8 Å². The van der Waals surface area contributed by atoms with Crippen molar-refractivity contribution in [3.63, 3.8) is 0 Å². The number of aryl methyl sites for hydroxylation is 1. The van der Waals surface area contributed by atoms with Crippen LogP contribution >= 0.6 is 0 Å². The van der Waals surface area contributed by atoms with Gasteiger partial charge in [-0.05, 0) is 73.6 Å². The highest BCUT2D eigenvalue weighted by Crippen LogP contribution is 2.36. The number of benzene rings is 3. The van der Waals surface area contributed by atoms with Crippen LogP contribution in [0.2, 0.25) is 0 Å². The first kappa shape index (κ1) is 26.1. The molecule has 2 aliphatic rings. The molecule has 2 N–H and O–H groups in total. The standard InChI is InChI=1S/C29H33N3O5S/c1-36-25-13-8-14-26(37-2)28(25)29(33)30-21-15-16-24(32-17-5-6-18-32)27(19-21)38(34,35)31-23-12-7-10-20-9-3-4-11-22(20)23/h3-4,8-9,11,13-16,19,23,31H,5-7,10,12,17-18H2,1-2H3,(H,30,33). The van der Waals surface area contributed by atoms with E-state index in [1.807, 2.05) is 18.2 Å². The summed E-state index contributed by atoms with van der Waals surface area (Å²) in [7, 11) is -0.947. The van der Waals surface area contributed by atoms with Crippen LogP contribution in [0.1, 0.15) is 53.2 Å². The van der Waals surface area contributed by atoms with Crippen molar-refractivity contribution in [3.8, 4) is 11.5 Å². The predicted octanol–water partition coefficient (Wildman–Crippen LogP) is 4.91. The SMILES string of the molecule is COc1cccc(OC)c1C(=O)Nc1ccc(N2CCCC2)c(S(=O)(=O)NC2CCCc3ccccc32)c1. The molecule has 0 bridgehead atoms. The predicted molar refractivity (Wildman–Crippen MR) is 148 cm³/mol. The minimum Gasteiger partial charge on any atom is -0.496 e. The van der Waals surface area contributed by atoms with Gasteiger partial charge >= 0.3 is 0 Å². The lowest BCUT2D eigenvalue weighted by molar-refractivity contribution is 0.102. The van der Waals surface area contributed by atoms with Crippen LogP contribution in [0.15, 0.2) is 65.6 Å². The second kappa shape index (κ2) is 11.0. The highest BCUT2D eigenvalue weighted by molar-refractivity contribution is 7.89. The van der Waals surface area contributed by atoms with Gasteiger partial charge in [0, 0.05) is 24.8 Å². The van der Waals surface area contributed by atoms with E-state index in [-0.39, 0.29) is 16.5 Å². The Bertz CT molecular complexity index is 1410. The van der Waals surface area contributed by atoms with E-state index in [1.54, 1.807) is 36.4 Å². The summed E-state index contributed by atoms with van der Waals surface area (Å²) in [5, 5.41) is 2.85. The molecule has 0 aromatic heterocycles. The van der Waals surface area contributed by atoms with E-state index in [2.05, 4.69) is 21.0 Å². The highest BCUT2D eigenvalue weighted by Gasteiger charge is 2.30. The Hall–Kier alpha value is -3.56. The molecule has 1 fully saturated rings. The Kier molecular flexibility index (Phi) is 7.58. The van der Waals surface area contributed by atoms with E-state index < -0.39 is 15.9 Å². The second-order valence-corrected chi connectivity index (χ2v) is 11.3. The molecule has 1 atom stereocenters. The fourth-order valence-corrected chi connectivity index (χ4v) is 6.92. The normalized spacial score (nSPS) is 17.1. The van der Waals surface area contributed by atoms with Gasteiger partial charge in [0.2, 0.25) is 10.0 Å². The largest absolute Gasteiger partial charge is 0.496 e. The Labute approximate surface area is 224 Å². The number of methoxy groups -OCH3 is 2. The van der Waals surface area contributed by atoms with Crippen LogP contribution in [-0.4, -0.2) is 41.6 Å². The number of fused-ring (bicyclic) bond motifs is 1. The minimum absolute atomic E-state index is 0.159. The number of carbonyl (C=O) groups is 1. The second-order valence-electron chi connectivity index (χ2n) is 9.63. The lowest BCUT2D eigenvalue weighted by Crippen LogP contribution is -2.32. The molecular formula is C29H33N3O5S. The van der Waals surface area contributed by atoms with E-state index in [0.29, 0.717) is 22.9 Å². The summed E-state index contributed by atoms with van der Waals surface area (Å²) in [6, 6.07) is 17.9. The molecule has 8 nitrogen and oxygen atoms in total. The van der Waals surface area contributed by atoms with Gasteiger partial charge in [0.05, 0.1) is 19.9 Å². The average Bonchev–Trinajstić information content (AvgIpc) is 3.47. The number of nitrogens with one attached hydrogen (secondary N) is 2. The average molecular weight is 536 g/mol. The van der Waals surface area contributed by atoms with Gasteiger partial charge < -0.3 is 19.7 Å². The fourth-order valence-electron chi connectivity index (χ4n) is 5.42. The van der Waals surface area contributed by atoms with Crippen LogP contribution in [0.4, 0.5) is 11.4 Å². The third-order valence-electron chi connectivity index (χ3n) is 7.28. The molecule has 0 radical (unpaired) electrons. The molecule has 1 heterocycles. The van der Waals surface area contributed by atoms with E-state index in [9.17, 15) is 13.2 Å². The smallest absolute Gasteiger partial charge is 0.263 e. The quantitative estimate of drug-likeness (QED) is 0.425. The zero-order chi connectivity index (χ0) is 26.7. The van der Waals surface area contributed by atoms with Crippen molar-refractivity contribution in [2.24, 2.45) is 0 Å². The van der Waals surface area contributed by atoms with E-state index in [4.69, 9.17) is 9.47 Å². The molecule has 1 saturated heterocycles. The number of ether oxygens (including phenoxy) is 2. The maximum absolute atomic E-state index is 13.9. The van der Waals surface area contributed by atoms with Crippen LogP contribution in [-0.2, 0) is 16.4 Å². The summed E-state index contributed by atoms with van der Waals surface area (Å²) in [6.07, 6.45) is 4.62. The molecule has 0 spiro atoms. The van der Waals surface area contributed by atoms with Crippen molar-refractivity contribution < 1.29 is 22.7 Å². The molecule has 5 rings (SSSR count). The molecule has 1 aliphatic heterocycles. The number of anilines is 2. The number of amides is 1. The van der Waals surface area contributed by atoms with Crippen LogP contribution in [0, 0.1) is 0 Å². The first-order valence-corrected chi connectivity index (χ1v) is 14.4. The molecule has 9 heteroatoms. The van der Waals surface area contributed by atoms with Crippen molar-refractivity contribution in [1.29, 1.82) is 0 Å². The van der Waals surface area contributed by atoms with Crippen molar-refractivity contribution in [2.75, 3.05) is 37.5 Å². The van der Waals surface area contributed by atoms with Crippen LogP contribution < -0.4 is 24.4 Å². The Morgan fingerprint density at radius 1 is 0.921 bits per heavy atom. The van der Waals surface area contributed by atoms with Crippen molar-refractivity contribution >= 4 is 27.3 Å². The summed E-state index contributed by atoms with van der Waals surface area (Å²) < 4.78 is 41.5. The van der Waals surface area contributed by atoms with Crippen molar-refractivity contribution in [1.82, 2.24) is 4.72 Å². The lowest BCUT2D eigenvalue weighted by Gasteiger charge is -2.28. The number of rotatable bonds is 8. The summed E-state index contributed by atoms with van der Waals surface area (Å²) in [5.74, 6) is 0.271. The summed E-state index contributed by atoms with van der Waals surface area (Å²) in [4.78, 5) is 15.5. The van der Waals surface area contributed by atoms with Gasteiger partial charge in [0.1, 0.15) is 22.0 Å². The lowest BCUT2D eigenvalue weighted by atomic mass is 9.88. The Morgan fingerprint density at radius 3 is 2.34 bits per heavy atom. The summed E-state index contributed by atoms with van der Waals surface area (Å²) >= 11 is 0. The topological polar surface area (TPSA) is 97.0 Å². The van der Waals surface area contributed by atoms with Crippen LogP contribution in [0.3, 0.4) is 0 Å².